The fourth-order valence-electron chi connectivity index (χ4n) is 2.35. The number of aliphatic hydroxyl groups excluding tert-OH is 1. The van der Waals surface area contributed by atoms with E-state index in [0.29, 0.717) is 12.5 Å². The molecule has 11 heavy (non-hydrogen) atoms. The summed E-state index contributed by atoms with van der Waals surface area (Å²) in [7, 11) is 2.05. The highest BCUT2D eigenvalue weighted by molar-refractivity contribution is 4.98. The summed E-state index contributed by atoms with van der Waals surface area (Å²) in [5.74, 6) is 0.571. The van der Waals surface area contributed by atoms with E-state index in [4.69, 9.17) is 4.74 Å². The van der Waals surface area contributed by atoms with Crippen LogP contribution < -0.4 is 0 Å². The standard InChI is InChI=1S/C8H15NO2/c1-5-3-9(2)7-6(10)4-11-8(5)7/h5-8,10H,3-4H2,1-2H3/t5-,6+,7-,8-/m1/s1. The van der Waals surface area contributed by atoms with Crippen LogP contribution in [0.1, 0.15) is 6.92 Å². The SMILES string of the molecule is C[C@@H]1CN(C)[C@H]2[C@@H]1OC[C@@H]2O. The van der Waals surface area contributed by atoms with Gasteiger partial charge in [-0.05, 0) is 13.0 Å². The van der Waals surface area contributed by atoms with Gasteiger partial charge in [0.25, 0.3) is 0 Å². The minimum Gasteiger partial charge on any atom is -0.389 e. The lowest BCUT2D eigenvalue weighted by atomic mass is 10.0. The minimum atomic E-state index is -0.269. The van der Waals surface area contributed by atoms with Gasteiger partial charge in [-0.2, -0.15) is 0 Å². The quantitative estimate of drug-likeness (QED) is 0.524. The molecule has 4 atom stereocenters. The molecule has 0 aromatic heterocycles. The highest BCUT2D eigenvalue weighted by Gasteiger charge is 2.46. The molecule has 0 aromatic rings. The van der Waals surface area contributed by atoms with Gasteiger partial charge >= 0.3 is 0 Å². The molecule has 1 N–H and O–H groups in total. The second kappa shape index (κ2) is 2.44. The minimum absolute atomic E-state index is 0.255. The molecule has 0 aliphatic carbocycles. The van der Waals surface area contributed by atoms with Crippen molar-refractivity contribution in [1.29, 1.82) is 0 Å². The zero-order valence-electron chi connectivity index (χ0n) is 7.03. The largest absolute Gasteiger partial charge is 0.389 e. The van der Waals surface area contributed by atoms with Crippen LogP contribution in [0.3, 0.4) is 0 Å². The number of aliphatic hydroxyl groups is 1. The van der Waals surface area contributed by atoms with Crippen molar-refractivity contribution in [3.63, 3.8) is 0 Å². The Hall–Kier alpha value is -0.120. The predicted octanol–water partition coefficient (Wildman–Crippen LogP) is -0.304. The predicted molar refractivity (Wildman–Crippen MR) is 41.3 cm³/mol. The van der Waals surface area contributed by atoms with Gasteiger partial charge in [-0.25, -0.2) is 0 Å². The Kier molecular flexibility index (Phi) is 1.67. The van der Waals surface area contributed by atoms with Gasteiger partial charge in [0.1, 0.15) is 0 Å². The third-order valence-corrected chi connectivity index (χ3v) is 2.84. The smallest absolute Gasteiger partial charge is 0.0953 e. The second-order valence-electron chi connectivity index (χ2n) is 3.77. The van der Waals surface area contributed by atoms with Gasteiger partial charge in [0.05, 0.1) is 24.9 Å². The van der Waals surface area contributed by atoms with E-state index in [1.165, 1.54) is 0 Å². The number of likely N-dealkylation sites (tertiary alicyclic amines) is 1. The van der Waals surface area contributed by atoms with Crippen molar-refractivity contribution in [2.24, 2.45) is 5.92 Å². The van der Waals surface area contributed by atoms with Gasteiger partial charge in [0.2, 0.25) is 0 Å². The highest BCUT2D eigenvalue weighted by Crippen LogP contribution is 2.31. The molecule has 2 heterocycles. The van der Waals surface area contributed by atoms with Crippen LogP contribution in [0.5, 0.6) is 0 Å². The van der Waals surface area contributed by atoms with E-state index in [2.05, 4.69) is 18.9 Å². The lowest BCUT2D eigenvalue weighted by Crippen LogP contribution is -2.37. The summed E-state index contributed by atoms with van der Waals surface area (Å²) in [6.07, 6.45) is 0.00458. The van der Waals surface area contributed by atoms with E-state index in [9.17, 15) is 5.11 Å². The molecule has 0 unspecified atom stereocenters. The van der Waals surface area contributed by atoms with Crippen molar-refractivity contribution >= 4 is 0 Å². The average molecular weight is 157 g/mol. The second-order valence-corrected chi connectivity index (χ2v) is 3.77. The maximum absolute atomic E-state index is 9.52. The maximum atomic E-state index is 9.52. The number of nitrogens with zero attached hydrogens (tertiary/aromatic N) is 1. The Balaban J connectivity index is 2.15. The number of hydrogen-bond donors (Lipinski definition) is 1. The number of rotatable bonds is 0. The third-order valence-electron chi connectivity index (χ3n) is 2.84. The fourth-order valence-corrected chi connectivity index (χ4v) is 2.35. The first kappa shape index (κ1) is 7.53. The molecule has 2 saturated heterocycles. The Morgan fingerprint density at radius 2 is 2.27 bits per heavy atom. The molecule has 0 aromatic carbocycles. The van der Waals surface area contributed by atoms with Gasteiger partial charge in [-0.3, -0.25) is 4.90 Å². The summed E-state index contributed by atoms with van der Waals surface area (Å²) in [4.78, 5) is 2.20. The zero-order chi connectivity index (χ0) is 8.01. The third kappa shape index (κ3) is 0.991. The van der Waals surface area contributed by atoms with E-state index in [1.54, 1.807) is 0 Å². The average Bonchev–Trinajstić information content (AvgIpc) is 2.41. The Labute approximate surface area is 66.9 Å². The van der Waals surface area contributed by atoms with E-state index in [-0.39, 0.29) is 18.2 Å². The van der Waals surface area contributed by atoms with E-state index < -0.39 is 0 Å². The normalized spacial score (nSPS) is 51.5. The van der Waals surface area contributed by atoms with Crippen molar-refractivity contribution in [2.75, 3.05) is 20.2 Å². The summed E-state index contributed by atoms with van der Waals surface area (Å²) in [6.45, 7) is 3.75. The Morgan fingerprint density at radius 3 is 2.91 bits per heavy atom. The topological polar surface area (TPSA) is 32.7 Å². The summed E-state index contributed by atoms with van der Waals surface area (Å²) in [5, 5.41) is 9.52. The molecule has 2 aliphatic heterocycles. The Morgan fingerprint density at radius 1 is 1.55 bits per heavy atom. The van der Waals surface area contributed by atoms with Crippen molar-refractivity contribution in [3.8, 4) is 0 Å². The van der Waals surface area contributed by atoms with Gasteiger partial charge in [0.15, 0.2) is 0 Å². The fraction of sp³-hybridized carbons (Fsp3) is 1.00. The molecule has 64 valence electrons. The Bertz CT molecular complexity index is 162. The lowest BCUT2D eigenvalue weighted by Gasteiger charge is -2.19. The molecule has 0 amide bonds. The first-order valence-corrected chi connectivity index (χ1v) is 4.20. The van der Waals surface area contributed by atoms with E-state index >= 15 is 0 Å². The van der Waals surface area contributed by atoms with Crippen molar-refractivity contribution < 1.29 is 9.84 Å². The summed E-state index contributed by atoms with van der Waals surface area (Å²) in [5.41, 5.74) is 0. The first-order chi connectivity index (χ1) is 5.20. The monoisotopic (exact) mass is 157 g/mol. The van der Waals surface area contributed by atoms with E-state index in [1.807, 2.05) is 0 Å². The lowest BCUT2D eigenvalue weighted by molar-refractivity contribution is 0.0658. The molecular weight excluding hydrogens is 142 g/mol. The summed E-state index contributed by atoms with van der Waals surface area (Å²) < 4.78 is 5.48. The molecule has 2 fully saturated rings. The van der Waals surface area contributed by atoms with Crippen LogP contribution in [0.2, 0.25) is 0 Å². The molecule has 0 radical (unpaired) electrons. The first-order valence-electron chi connectivity index (χ1n) is 4.20. The number of likely N-dealkylation sites (N-methyl/N-ethyl adjacent to an activating group) is 1. The van der Waals surface area contributed by atoms with Crippen LogP contribution in [0.15, 0.2) is 0 Å². The molecule has 2 rings (SSSR count). The van der Waals surface area contributed by atoms with Gasteiger partial charge in [-0.1, -0.05) is 6.92 Å². The molecule has 0 saturated carbocycles. The molecule has 3 heteroatoms. The van der Waals surface area contributed by atoms with Gasteiger partial charge < -0.3 is 9.84 Å². The molecule has 0 bridgehead atoms. The number of hydrogen-bond acceptors (Lipinski definition) is 3. The highest BCUT2D eigenvalue weighted by atomic mass is 16.5. The molecular formula is C8H15NO2. The molecule has 3 nitrogen and oxygen atoms in total. The number of fused-ring (bicyclic) bond motifs is 1. The zero-order valence-corrected chi connectivity index (χ0v) is 7.03. The van der Waals surface area contributed by atoms with Gasteiger partial charge in [-0.15, -0.1) is 0 Å². The van der Waals surface area contributed by atoms with Crippen molar-refractivity contribution in [2.45, 2.75) is 25.2 Å². The van der Waals surface area contributed by atoms with Crippen molar-refractivity contribution in [1.82, 2.24) is 4.90 Å². The van der Waals surface area contributed by atoms with Crippen molar-refractivity contribution in [3.05, 3.63) is 0 Å². The van der Waals surface area contributed by atoms with Crippen LogP contribution in [0.25, 0.3) is 0 Å². The summed E-state index contributed by atoms with van der Waals surface area (Å²) >= 11 is 0. The summed E-state index contributed by atoms with van der Waals surface area (Å²) in [6, 6.07) is 0.255. The van der Waals surface area contributed by atoms with E-state index in [0.717, 1.165) is 6.54 Å². The van der Waals surface area contributed by atoms with Crippen LogP contribution in [-0.4, -0.2) is 48.5 Å². The van der Waals surface area contributed by atoms with Crippen LogP contribution in [0, 0.1) is 5.92 Å². The molecule has 2 aliphatic rings. The van der Waals surface area contributed by atoms with Crippen LogP contribution >= 0.6 is 0 Å². The molecule has 0 spiro atoms. The number of ether oxygens (including phenoxy) is 1. The van der Waals surface area contributed by atoms with Crippen LogP contribution in [-0.2, 0) is 4.74 Å². The van der Waals surface area contributed by atoms with Gasteiger partial charge in [0, 0.05) is 6.54 Å². The van der Waals surface area contributed by atoms with Crippen LogP contribution in [0.4, 0.5) is 0 Å². The maximum Gasteiger partial charge on any atom is 0.0953 e.